The SMILES string of the molecule is CCCc1nc(C(=O)Nc2nnc(CC)s2)n[nH]1. The van der Waals surface area contributed by atoms with Crippen molar-refractivity contribution in [1.82, 2.24) is 25.4 Å². The Morgan fingerprint density at radius 3 is 2.89 bits per heavy atom. The van der Waals surface area contributed by atoms with Gasteiger partial charge in [-0.15, -0.1) is 15.3 Å². The minimum atomic E-state index is -0.368. The summed E-state index contributed by atoms with van der Waals surface area (Å²) in [5.74, 6) is 0.480. The minimum absolute atomic E-state index is 0.131. The first-order chi connectivity index (χ1) is 8.72. The lowest BCUT2D eigenvalue weighted by Gasteiger charge is -1.94. The number of nitrogens with zero attached hydrogens (tertiary/aromatic N) is 4. The van der Waals surface area contributed by atoms with E-state index in [0.717, 1.165) is 24.3 Å². The van der Waals surface area contributed by atoms with Crippen molar-refractivity contribution in [2.45, 2.75) is 33.1 Å². The summed E-state index contributed by atoms with van der Waals surface area (Å²) in [5.41, 5.74) is 0. The number of aryl methyl sites for hydroxylation is 2. The molecular formula is C10H14N6OS. The highest BCUT2D eigenvalue weighted by Gasteiger charge is 2.14. The number of carbonyl (C=O) groups excluding carboxylic acids is 1. The fourth-order valence-corrected chi connectivity index (χ4v) is 2.02. The molecule has 2 N–H and O–H groups in total. The molecule has 8 heteroatoms. The Kier molecular flexibility index (Phi) is 3.98. The van der Waals surface area contributed by atoms with Crippen molar-refractivity contribution in [2.24, 2.45) is 0 Å². The van der Waals surface area contributed by atoms with Crippen LogP contribution in [-0.2, 0) is 12.8 Å². The smallest absolute Gasteiger partial charge is 0.294 e. The average Bonchev–Trinajstić information content (AvgIpc) is 2.98. The van der Waals surface area contributed by atoms with Crippen LogP contribution in [-0.4, -0.2) is 31.3 Å². The van der Waals surface area contributed by atoms with Gasteiger partial charge < -0.3 is 0 Å². The van der Waals surface area contributed by atoms with E-state index in [1.807, 2.05) is 13.8 Å². The molecule has 0 aliphatic heterocycles. The molecule has 0 aliphatic carbocycles. The van der Waals surface area contributed by atoms with Gasteiger partial charge in [-0.1, -0.05) is 25.2 Å². The number of amides is 1. The first-order valence-electron chi connectivity index (χ1n) is 5.78. The summed E-state index contributed by atoms with van der Waals surface area (Å²) < 4.78 is 0. The lowest BCUT2D eigenvalue weighted by atomic mass is 10.3. The van der Waals surface area contributed by atoms with Gasteiger partial charge in [-0.3, -0.25) is 15.2 Å². The molecule has 0 unspecified atom stereocenters. The van der Waals surface area contributed by atoms with Crippen LogP contribution in [0.25, 0.3) is 0 Å². The Labute approximate surface area is 108 Å². The molecule has 0 saturated carbocycles. The molecule has 18 heavy (non-hydrogen) atoms. The van der Waals surface area contributed by atoms with Crippen LogP contribution in [0.3, 0.4) is 0 Å². The van der Waals surface area contributed by atoms with Crippen molar-refractivity contribution in [1.29, 1.82) is 0 Å². The molecule has 0 bridgehead atoms. The molecule has 0 radical (unpaired) electrons. The molecule has 2 aromatic heterocycles. The highest BCUT2D eigenvalue weighted by Crippen LogP contribution is 2.15. The monoisotopic (exact) mass is 266 g/mol. The van der Waals surface area contributed by atoms with Gasteiger partial charge in [0.25, 0.3) is 5.91 Å². The molecule has 96 valence electrons. The van der Waals surface area contributed by atoms with E-state index in [1.165, 1.54) is 11.3 Å². The highest BCUT2D eigenvalue weighted by molar-refractivity contribution is 7.15. The van der Waals surface area contributed by atoms with Crippen molar-refractivity contribution in [2.75, 3.05) is 5.32 Å². The lowest BCUT2D eigenvalue weighted by molar-refractivity contribution is 0.101. The number of H-pyrrole nitrogens is 1. The quantitative estimate of drug-likeness (QED) is 0.853. The molecule has 0 aromatic carbocycles. The third kappa shape index (κ3) is 2.89. The average molecular weight is 266 g/mol. The maximum Gasteiger partial charge on any atom is 0.297 e. The number of aromatic amines is 1. The van der Waals surface area contributed by atoms with E-state index in [1.54, 1.807) is 0 Å². The van der Waals surface area contributed by atoms with Gasteiger partial charge in [0.2, 0.25) is 11.0 Å². The van der Waals surface area contributed by atoms with Crippen LogP contribution in [0.1, 0.15) is 41.7 Å². The summed E-state index contributed by atoms with van der Waals surface area (Å²) in [6.45, 7) is 4.02. The number of rotatable bonds is 5. The number of hydrogen-bond donors (Lipinski definition) is 2. The predicted molar refractivity (Wildman–Crippen MR) is 67.6 cm³/mol. The fourth-order valence-electron chi connectivity index (χ4n) is 1.35. The van der Waals surface area contributed by atoms with Crippen molar-refractivity contribution in [3.8, 4) is 0 Å². The summed E-state index contributed by atoms with van der Waals surface area (Å²) in [5, 5.41) is 18.4. The van der Waals surface area contributed by atoms with Crippen molar-refractivity contribution < 1.29 is 4.79 Å². The number of nitrogens with one attached hydrogen (secondary N) is 2. The Bertz CT molecular complexity index is 534. The molecule has 0 spiro atoms. The standard InChI is InChI=1S/C10H14N6OS/c1-3-5-6-11-8(15-13-6)9(17)12-10-16-14-7(4-2)18-10/h3-5H2,1-2H3,(H,11,13,15)(H,12,16,17). The molecule has 2 heterocycles. The summed E-state index contributed by atoms with van der Waals surface area (Å²) in [7, 11) is 0. The molecule has 0 aliphatic rings. The molecule has 2 rings (SSSR count). The lowest BCUT2D eigenvalue weighted by Crippen LogP contribution is -2.13. The summed E-state index contributed by atoms with van der Waals surface area (Å²) in [4.78, 5) is 15.9. The van der Waals surface area contributed by atoms with E-state index < -0.39 is 0 Å². The molecule has 7 nitrogen and oxygen atoms in total. The molecule has 2 aromatic rings. The largest absolute Gasteiger partial charge is 0.297 e. The zero-order valence-electron chi connectivity index (χ0n) is 10.2. The molecule has 0 saturated heterocycles. The number of aromatic nitrogens is 5. The van der Waals surface area contributed by atoms with Gasteiger partial charge in [0, 0.05) is 6.42 Å². The maximum absolute atomic E-state index is 11.8. The van der Waals surface area contributed by atoms with E-state index >= 15 is 0 Å². The van der Waals surface area contributed by atoms with E-state index in [9.17, 15) is 4.79 Å². The van der Waals surface area contributed by atoms with Crippen molar-refractivity contribution >= 4 is 22.4 Å². The minimum Gasteiger partial charge on any atom is -0.294 e. The zero-order valence-corrected chi connectivity index (χ0v) is 11.0. The first-order valence-corrected chi connectivity index (χ1v) is 6.59. The predicted octanol–water partition coefficient (Wildman–Crippen LogP) is 1.42. The zero-order chi connectivity index (χ0) is 13.0. The third-order valence-electron chi connectivity index (χ3n) is 2.21. The second-order valence-corrected chi connectivity index (χ2v) is 4.73. The van der Waals surface area contributed by atoms with Crippen LogP contribution in [0.4, 0.5) is 5.13 Å². The topological polar surface area (TPSA) is 96.5 Å². The maximum atomic E-state index is 11.8. The van der Waals surface area contributed by atoms with Gasteiger partial charge in [0.1, 0.15) is 10.8 Å². The van der Waals surface area contributed by atoms with E-state index in [2.05, 4.69) is 30.7 Å². The number of carbonyl (C=O) groups is 1. The van der Waals surface area contributed by atoms with Gasteiger partial charge in [-0.25, -0.2) is 4.98 Å². The molecule has 0 fully saturated rings. The first kappa shape index (κ1) is 12.6. The summed E-state index contributed by atoms with van der Waals surface area (Å²) in [6.07, 6.45) is 2.53. The Morgan fingerprint density at radius 1 is 1.39 bits per heavy atom. The van der Waals surface area contributed by atoms with Gasteiger partial charge in [0.05, 0.1) is 0 Å². The Hall–Kier alpha value is -1.83. The van der Waals surface area contributed by atoms with Gasteiger partial charge in [-0.2, -0.15) is 0 Å². The second kappa shape index (κ2) is 5.67. The van der Waals surface area contributed by atoms with E-state index in [-0.39, 0.29) is 11.7 Å². The highest BCUT2D eigenvalue weighted by atomic mass is 32.1. The van der Waals surface area contributed by atoms with Crippen LogP contribution in [0, 0.1) is 0 Å². The molecular weight excluding hydrogens is 252 g/mol. The second-order valence-electron chi connectivity index (χ2n) is 3.66. The van der Waals surface area contributed by atoms with Crippen LogP contribution in [0.2, 0.25) is 0 Å². The van der Waals surface area contributed by atoms with Crippen molar-refractivity contribution in [3.05, 3.63) is 16.7 Å². The van der Waals surface area contributed by atoms with Crippen LogP contribution >= 0.6 is 11.3 Å². The van der Waals surface area contributed by atoms with E-state index in [0.29, 0.717) is 11.0 Å². The van der Waals surface area contributed by atoms with E-state index in [4.69, 9.17) is 0 Å². The van der Waals surface area contributed by atoms with Crippen LogP contribution < -0.4 is 5.32 Å². The van der Waals surface area contributed by atoms with Gasteiger partial charge >= 0.3 is 0 Å². The Balaban J connectivity index is 2.02. The van der Waals surface area contributed by atoms with Gasteiger partial charge in [0.15, 0.2) is 0 Å². The van der Waals surface area contributed by atoms with Crippen LogP contribution in [0.5, 0.6) is 0 Å². The Morgan fingerprint density at radius 2 is 2.22 bits per heavy atom. The summed E-state index contributed by atoms with van der Waals surface area (Å²) in [6, 6.07) is 0. The number of anilines is 1. The van der Waals surface area contributed by atoms with Crippen molar-refractivity contribution in [3.63, 3.8) is 0 Å². The third-order valence-corrected chi connectivity index (χ3v) is 3.19. The van der Waals surface area contributed by atoms with Gasteiger partial charge in [-0.05, 0) is 12.8 Å². The fraction of sp³-hybridized carbons (Fsp3) is 0.500. The normalized spacial score (nSPS) is 10.6. The van der Waals surface area contributed by atoms with Crippen LogP contribution in [0.15, 0.2) is 0 Å². The number of hydrogen-bond acceptors (Lipinski definition) is 6. The molecule has 1 amide bonds. The summed E-state index contributed by atoms with van der Waals surface area (Å²) >= 11 is 1.35. The molecule has 0 atom stereocenters.